The molecule has 2 atom stereocenters. The molecule has 0 aliphatic carbocycles. The average Bonchev–Trinajstić information content (AvgIpc) is 2.74. The fourth-order valence-electron chi connectivity index (χ4n) is 2.54. The van der Waals surface area contributed by atoms with E-state index in [9.17, 15) is 0 Å². The first-order valence-electron chi connectivity index (χ1n) is 6.49. The van der Waals surface area contributed by atoms with Crippen LogP contribution in [0.1, 0.15) is 13.3 Å². The van der Waals surface area contributed by atoms with Crippen LogP contribution in [0.5, 0.6) is 0 Å². The Labute approximate surface area is 104 Å². The van der Waals surface area contributed by atoms with Gasteiger partial charge < -0.3 is 10.2 Å². The third-order valence-corrected chi connectivity index (χ3v) is 4.74. The standard InChI is InChI=1S/C12H25N3S/c1-11(13-12-3-8-16-10-12)9-15-6-4-14(2)5-7-15/h11-13H,3-10H2,1-2H3. The van der Waals surface area contributed by atoms with Gasteiger partial charge in [-0.15, -0.1) is 0 Å². The van der Waals surface area contributed by atoms with Gasteiger partial charge in [-0.05, 0) is 26.1 Å². The Morgan fingerprint density at radius 3 is 2.69 bits per heavy atom. The molecule has 0 amide bonds. The predicted molar refractivity (Wildman–Crippen MR) is 72.3 cm³/mol. The number of piperazine rings is 1. The Hall–Kier alpha value is 0.230. The molecule has 1 N–H and O–H groups in total. The number of nitrogens with zero attached hydrogens (tertiary/aromatic N) is 2. The van der Waals surface area contributed by atoms with Gasteiger partial charge in [0.25, 0.3) is 0 Å². The maximum atomic E-state index is 3.76. The van der Waals surface area contributed by atoms with Crippen LogP contribution >= 0.6 is 11.8 Å². The van der Waals surface area contributed by atoms with Crippen LogP contribution in [0.25, 0.3) is 0 Å². The van der Waals surface area contributed by atoms with Crippen molar-refractivity contribution in [3.05, 3.63) is 0 Å². The van der Waals surface area contributed by atoms with E-state index in [0.29, 0.717) is 6.04 Å². The summed E-state index contributed by atoms with van der Waals surface area (Å²) in [6, 6.07) is 1.42. The minimum atomic E-state index is 0.645. The van der Waals surface area contributed by atoms with Crippen LogP contribution < -0.4 is 5.32 Å². The first-order valence-corrected chi connectivity index (χ1v) is 7.64. The molecule has 0 spiro atoms. The summed E-state index contributed by atoms with van der Waals surface area (Å²) in [6.45, 7) is 8.48. The van der Waals surface area contributed by atoms with Gasteiger partial charge in [-0.2, -0.15) is 11.8 Å². The van der Waals surface area contributed by atoms with Crippen molar-refractivity contribution in [2.75, 3.05) is 51.3 Å². The molecule has 2 saturated heterocycles. The van der Waals surface area contributed by atoms with E-state index in [1.165, 1.54) is 50.7 Å². The molecule has 16 heavy (non-hydrogen) atoms. The topological polar surface area (TPSA) is 18.5 Å². The van der Waals surface area contributed by atoms with Gasteiger partial charge in [0.1, 0.15) is 0 Å². The smallest absolute Gasteiger partial charge is 0.0169 e. The highest BCUT2D eigenvalue weighted by molar-refractivity contribution is 7.99. The van der Waals surface area contributed by atoms with E-state index in [1.54, 1.807) is 0 Å². The van der Waals surface area contributed by atoms with Crippen LogP contribution in [0.15, 0.2) is 0 Å². The van der Waals surface area contributed by atoms with E-state index < -0.39 is 0 Å². The summed E-state index contributed by atoms with van der Waals surface area (Å²) in [5.74, 6) is 2.66. The highest BCUT2D eigenvalue weighted by Crippen LogP contribution is 2.17. The van der Waals surface area contributed by atoms with E-state index in [-0.39, 0.29) is 0 Å². The number of hydrogen-bond acceptors (Lipinski definition) is 4. The van der Waals surface area contributed by atoms with Crippen molar-refractivity contribution < 1.29 is 0 Å². The van der Waals surface area contributed by atoms with Gasteiger partial charge in [-0.25, -0.2) is 0 Å². The molecule has 0 aromatic carbocycles. The first-order chi connectivity index (χ1) is 7.74. The van der Waals surface area contributed by atoms with Crippen molar-refractivity contribution in [3.8, 4) is 0 Å². The van der Waals surface area contributed by atoms with Gasteiger partial charge in [0, 0.05) is 50.6 Å². The molecule has 0 aromatic heterocycles. The third kappa shape index (κ3) is 3.91. The zero-order valence-electron chi connectivity index (χ0n) is 10.6. The van der Waals surface area contributed by atoms with E-state index >= 15 is 0 Å². The summed E-state index contributed by atoms with van der Waals surface area (Å²) < 4.78 is 0. The molecule has 0 radical (unpaired) electrons. The minimum Gasteiger partial charge on any atom is -0.309 e. The number of likely N-dealkylation sites (N-methyl/N-ethyl adjacent to an activating group) is 1. The van der Waals surface area contributed by atoms with Crippen LogP contribution in [0, 0.1) is 0 Å². The maximum Gasteiger partial charge on any atom is 0.0169 e. The second kappa shape index (κ2) is 6.24. The largest absolute Gasteiger partial charge is 0.309 e. The van der Waals surface area contributed by atoms with Crippen molar-refractivity contribution in [1.82, 2.24) is 15.1 Å². The number of nitrogens with one attached hydrogen (secondary N) is 1. The van der Waals surface area contributed by atoms with Crippen molar-refractivity contribution in [2.45, 2.75) is 25.4 Å². The van der Waals surface area contributed by atoms with Crippen molar-refractivity contribution in [3.63, 3.8) is 0 Å². The quantitative estimate of drug-likeness (QED) is 0.784. The van der Waals surface area contributed by atoms with Gasteiger partial charge in [-0.3, -0.25) is 4.90 Å². The summed E-state index contributed by atoms with van der Waals surface area (Å²) in [5.41, 5.74) is 0. The predicted octanol–water partition coefficient (Wildman–Crippen LogP) is 0.717. The van der Waals surface area contributed by atoms with Crippen LogP contribution in [-0.4, -0.2) is 73.2 Å². The fourth-order valence-corrected chi connectivity index (χ4v) is 3.70. The Morgan fingerprint density at radius 2 is 2.06 bits per heavy atom. The molecule has 2 fully saturated rings. The van der Waals surface area contributed by atoms with E-state index in [0.717, 1.165) is 6.04 Å². The highest BCUT2D eigenvalue weighted by atomic mass is 32.2. The van der Waals surface area contributed by atoms with Crippen LogP contribution in [0.4, 0.5) is 0 Å². The first kappa shape index (κ1) is 12.7. The average molecular weight is 243 g/mol. The third-order valence-electron chi connectivity index (χ3n) is 3.58. The van der Waals surface area contributed by atoms with Crippen molar-refractivity contribution in [2.24, 2.45) is 0 Å². The molecule has 2 aliphatic heterocycles. The summed E-state index contributed by atoms with van der Waals surface area (Å²) >= 11 is 2.09. The van der Waals surface area contributed by atoms with Crippen LogP contribution in [-0.2, 0) is 0 Å². The lowest BCUT2D eigenvalue weighted by atomic mass is 10.2. The maximum absolute atomic E-state index is 3.76. The molecule has 3 nitrogen and oxygen atoms in total. The summed E-state index contributed by atoms with van der Waals surface area (Å²) in [4.78, 5) is 5.02. The molecule has 2 heterocycles. The van der Waals surface area contributed by atoms with Gasteiger partial charge in [0.05, 0.1) is 0 Å². The Bertz CT molecular complexity index is 198. The number of rotatable bonds is 4. The Balaban J connectivity index is 1.64. The lowest BCUT2D eigenvalue weighted by Gasteiger charge is -2.34. The van der Waals surface area contributed by atoms with E-state index in [1.807, 2.05) is 0 Å². The molecular weight excluding hydrogens is 218 g/mol. The lowest BCUT2D eigenvalue weighted by Crippen LogP contribution is -2.50. The molecule has 0 aromatic rings. The SMILES string of the molecule is CC(CN1CCN(C)CC1)NC1CCSC1. The van der Waals surface area contributed by atoms with E-state index in [2.05, 4.69) is 40.8 Å². The molecule has 2 rings (SSSR count). The second-order valence-electron chi connectivity index (χ2n) is 5.23. The van der Waals surface area contributed by atoms with Gasteiger partial charge >= 0.3 is 0 Å². The van der Waals surface area contributed by atoms with Crippen molar-refractivity contribution >= 4 is 11.8 Å². The van der Waals surface area contributed by atoms with Crippen molar-refractivity contribution in [1.29, 1.82) is 0 Å². The van der Waals surface area contributed by atoms with Gasteiger partial charge in [0.2, 0.25) is 0 Å². The van der Waals surface area contributed by atoms with E-state index in [4.69, 9.17) is 0 Å². The fraction of sp³-hybridized carbons (Fsp3) is 1.00. The number of thioether (sulfide) groups is 1. The normalized spacial score (nSPS) is 30.8. The Morgan fingerprint density at radius 1 is 1.31 bits per heavy atom. The summed E-state index contributed by atoms with van der Waals surface area (Å²) in [7, 11) is 2.22. The molecular formula is C12H25N3S. The highest BCUT2D eigenvalue weighted by Gasteiger charge is 2.20. The zero-order valence-corrected chi connectivity index (χ0v) is 11.4. The second-order valence-corrected chi connectivity index (χ2v) is 6.38. The summed E-state index contributed by atoms with van der Waals surface area (Å²) in [5, 5.41) is 3.76. The molecule has 94 valence electrons. The zero-order chi connectivity index (χ0) is 11.4. The monoisotopic (exact) mass is 243 g/mol. The summed E-state index contributed by atoms with van der Waals surface area (Å²) in [6.07, 6.45) is 1.36. The molecule has 2 aliphatic rings. The molecule has 4 heteroatoms. The van der Waals surface area contributed by atoms with Gasteiger partial charge in [0.15, 0.2) is 0 Å². The van der Waals surface area contributed by atoms with Gasteiger partial charge in [-0.1, -0.05) is 0 Å². The number of hydrogen-bond donors (Lipinski definition) is 1. The molecule has 2 unspecified atom stereocenters. The van der Waals surface area contributed by atoms with Crippen LogP contribution in [0.3, 0.4) is 0 Å². The van der Waals surface area contributed by atoms with Crippen LogP contribution in [0.2, 0.25) is 0 Å². The molecule has 0 saturated carbocycles. The molecule has 0 bridgehead atoms. The minimum absolute atomic E-state index is 0.645. The Kier molecular flexibility index (Phi) is 4.95. The lowest BCUT2D eigenvalue weighted by molar-refractivity contribution is 0.143.